The summed E-state index contributed by atoms with van der Waals surface area (Å²) in [5.41, 5.74) is 12.5. The van der Waals surface area contributed by atoms with E-state index in [1.807, 2.05) is 28.7 Å². The van der Waals surface area contributed by atoms with Crippen molar-refractivity contribution in [3.63, 3.8) is 0 Å². The molecule has 0 unspecified atom stereocenters. The summed E-state index contributed by atoms with van der Waals surface area (Å²) in [5.74, 6) is 0. The smallest absolute Gasteiger partial charge is 0.263 e. The lowest BCUT2D eigenvalue weighted by molar-refractivity contribution is 0.669. The van der Waals surface area contributed by atoms with Crippen molar-refractivity contribution in [3.8, 4) is 22.5 Å². The highest BCUT2D eigenvalue weighted by atomic mass is 16.3. The largest absolute Gasteiger partial charge is 0.456 e. The molecule has 5 heterocycles. The SMILES string of the molecule is O=c1c2ccc(-c3cccc4oc5ccc(-n6c7ccccc7c7c6ccc6c8ccccc8n(-c8ccccc8)c67)cc5c34)cc2c2cccc3c4ccccc4n1c23. The van der Waals surface area contributed by atoms with Crippen molar-refractivity contribution >= 4 is 104 Å². The van der Waals surface area contributed by atoms with Gasteiger partial charge in [-0.15, -0.1) is 0 Å². The molecule has 0 fully saturated rings. The summed E-state index contributed by atoms with van der Waals surface area (Å²) < 4.78 is 13.3. The van der Waals surface area contributed by atoms with Gasteiger partial charge in [-0.05, 0) is 89.3 Å². The zero-order valence-corrected chi connectivity index (χ0v) is 32.1. The highest BCUT2D eigenvalue weighted by molar-refractivity contribution is 6.26. The van der Waals surface area contributed by atoms with E-state index in [-0.39, 0.29) is 5.56 Å². The Morgan fingerprint density at radius 1 is 0.350 bits per heavy atom. The molecule has 0 bridgehead atoms. The number of furan rings is 1. The number of hydrogen-bond donors (Lipinski definition) is 0. The van der Waals surface area contributed by atoms with Crippen LogP contribution in [0, 0.1) is 0 Å². The van der Waals surface area contributed by atoms with E-state index in [1.165, 1.54) is 32.6 Å². The van der Waals surface area contributed by atoms with Crippen molar-refractivity contribution in [2.45, 2.75) is 0 Å². The summed E-state index contributed by atoms with van der Waals surface area (Å²) in [7, 11) is 0. The molecule has 5 nitrogen and oxygen atoms in total. The molecule has 0 aliphatic carbocycles. The van der Waals surface area contributed by atoms with Gasteiger partial charge >= 0.3 is 0 Å². The summed E-state index contributed by atoms with van der Waals surface area (Å²) in [6.07, 6.45) is 0. The summed E-state index contributed by atoms with van der Waals surface area (Å²) in [4.78, 5) is 14.3. The average Bonchev–Trinajstić information content (AvgIpc) is 4.05. The second kappa shape index (κ2) is 11.5. The van der Waals surface area contributed by atoms with Crippen LogP contribution in [0.3, 0.4) is 0 Å². The highest BCUT2D eigenvalue weighted by Crippen LogP contribution is 2.44. The maximum atomic E-state index is 14.3. The van der Waals surface area contributed by atoms with Crippen molar-refractivity contribution in [1.82, 2.24) is 13.5 Å². The van der Waals surface area contributed by atoms with Crippen molar-refractivity contribution < 1.29 is 4.42 Å². The Kier molecular flexibility index (Phi) is 6.11. The van der Waals surface area contributed by atoms with E-state index in [4.69, 9.17) is 4.42 Å². The molecule has 0 spiro atoms. The Morgan fingerprint density at radius 2 is 1.00 bits per heavy atom. The predicted molar refractivity (Wildman–Crippen MR) is 249 cm³/mol. The third-order valence-corrected chi connectivity index (χ3v) is 13.0. The molecule has 0 atom stereocenters. The molecule has 0 N–H and O–H groups in total. The van der Waals surface area contributed by atoms with Crippen LogP contribution >= 0.6 is 0 Å². The van der Waals surface area contributed by atoms with Crippen molar-refractivity contribution in [2.24, 2.45) is 0 Å². The first-order valence-electron chi connectivity index (χ1n) is 20.4. The van der Waals surface area contributed by atoms with Gasteiger partial charge in [0, 0.05) is 65.2 Å². The van der Waals surface area contributed by atoms with Gasteiger partial charge in [0.05, 0.1) is 33.1 Å². The van der Waals surface area contributed by atoms with Crippen molar-refractivity contribution in [3.05, 3.63) is 198 Å². The maximum absolute atomic E-state index is 14.3. The second-order valence-corrected chi connectivity index (χ2v) is 16.0. The molecule has 0 amide bonds. The number of pyridine rings is 1. The summed E-state index contributed by atoms with van der Waals surface area (Å²) in [6.45, 7) is 0. The van der Waals surface area contributed by atoms with Crippen molar-refractivity contribution in [1.29, 1.82) is 0 Å². The molecule has 0 saturated carbocycles. The Hall–Kier alpha value is -8.15. The third kappa shape index (κ3) is 4.03. The molecule has 0 radical (unpaired) electrons. The zero-order valence-electron chi connectivity index (χ0n) is 32.1. The van der Waals surface area contributed by atoms with Crippen LogP contribution in [0.2, 0.25) is 0 Å². The quantitative estimate of drug-likeness (QED) is 0.168. The fourth-order valence-electron chi connectivity index (χ4n) is 10.5. The van der Waals surface area contributed by atoms with Gasteiger partial charge in [-0.25, -0.2) is 0 Å². The molecular formula is C55H31N3O2. The zero-order chi connectivity index (χ0) is 39.2. The molecule has 9 aromatic carbocycles. The number of para-hydroxylation sites is 5. The average molecular weight is 766 g/mol. The van der Waals surface area contributed by atoms with Gasteiger partial charge in [0.1, 0.15) is 11.2 Å². The van der Waals surface area contributed by atoms with Crippen LogP contribution in [-0.2, 0) is 0 Å². The number of rotatable bonds is 3. The molecule has 0 saturated heterocycles. The van der Waals surface area contributed by atoms with E-state index in [1.54, 1.807) is 0 Å². The van der Waals surface area contributed by atoms with Gasteiger partial charge in [0.15, 0.2) is 0 Å². The second-order valence-electron chi connectivity index (χ2n) is 16.0. The minimum atomic E-state index is 0.00523. The van der Waals surface area contributed by atoms with Crippen LogP contribution < -0.4 is 5.56 Å². The molecule has 14 rings (SSSR count). The molecule has 278 valence electrons. The first-order chi connectivity index (χ1) is 29.7. The first kappa shape index (κ1) is 31.9. The Labute approximate surface area is 341 Å². The van der Waals surface area contributed by atoms with E-state index >= 15 is 0 Å². The molecule has 0 aliphatic rings. The lowest BCUT2D eigenvalue weighted by Crippen LogP contribution is -2.12. The third-order valence-electron chi connectivity index (χ3n) is 13.0. The predicted octanol–water partition coefficient (Wildman–Crippen LogP) is 14.0. The van der Waals surface area contributed by atoms with Crippen LogP contribution in [0.15, 0.2) is 197 Å². The summed E-state index contributed by atoms with van der Waals surface area (Å²) in [6, 6.07) is 66.5. The van der Waals surface area contributed by atoms with Gasteiger partial charge in [-0.3, -0.25) is 9.20 Å². The Balaban J connectivity index is 1.03. The van der Waals surface area contributed by atoms with Crippen LogP contribution in [0.5, 0.6) is 0 Å². The molecule has 14 aromatic rings. The van der Waals surface area contributed by atoms with Gasteiger partial charge in [0.2, 0.25) is 0 Å². The molecule has 5 aromatic heterocycles. The Bertz CT molecular complexity index is 4200. The van der Waals surface area contributed by atoms with Crippen LogP contribution in [0.4, 0.5) is 0 Å². The number of aromatic nitrogens is 3. The monoisotopic (exact) mass is 765 g/mol. The van der Waals surface area contributed by atoms with E-state index in [9.17, 15) is 4.79 Å². The summed E-state index contributed by atoms with van der Waals surface area (Å²) in [5, 5.41) is 11.9. The number of hydrogen-bond acceptors (Lipinski definition) is 2. The van der Waals surface area contributed by atoms with Gasteiger partial charge in [-0.2, -0.15) is 0 Å². The minimum absolute atomic E-state index is 0.00523. The van der Waals surface area contributed by atoms with Gasteiger partial charge in [-0.1, -0.05) is 115 Å². The van der Waals surface area contributed by atoms with Gasteiger partial charge < -0.3 is 13.6 Å². The van der Waals surface area contributed by atoms with E-state index in [2.05, 4.69) is 173 Å². The Morgan fingerprint density at radius 3 is 1.83 bits per heavy atom. The molecular weight excluding hydrogens is 735 g/mol. The minimum Gasteiger partial charge on any atom is -0.456 e. The van der Waals surface area contributed by atoms with Crippen LogP contribution in [0.1, 0.15) is 0 Å². The maximum Gasteiger partial charge on any atom is 0.263 e. The van der Waals surface area contributed by atoms with E-state index in [0.717, 1.165) is 88.1 Å². The normalized spacial score (nSPS) is 12.4. The number of benzene rings is 9. The fourth-order valence-corrected chi connectivity index (χ4v) is 10.5. The van der Waals surface area contributed by atoms with Crippen molar-refractivity contribution in [2.75, 3.05) is 0 Å². The molecule has 5 heteroatoms. The number of nitrogens with zero attached hydrogens (tertiary/aromatic N) is 3. The fraction of sp³-hybridized carbons (Fsp3) is 0. The summed E-state index contributed by atoms with van der Waals surface area (Å²) >= 11 is 0. The number of fused-ring (bicyclic) bond motifs is 15. The lowest BCUT2D eigenvalue weighted by atomic mass is 9.95. The van der Waals surface area contributed by atoms with E-state index in [0.29, 0.717) is 5.39 Å². The molecule has 0 aliphatic heterocycles. The standard InChI is InChI=1S/C55H31N3O2/c59-55-41-26-24-32(30-43(41)39-19-10-18-38-36-14-5-8-21-46(36)58(55)53(38)39)35-17-11-23-50-51(35)44-31-34(25-29-49(44)60-50)56-47-22-9-6-16-42(47)52-48(56)28-27-40-37-15-4-7-20-45(37)57(54(40)52)33-12-2-1-3-13-33/h1-31H. The van der Waals surface area contributed by atoms with E-state index < -0.39 is 0 Å². The first-order valence-corrected chi connectivity index (χ1v) is 20.4. The molecule has 60 heavy (non-hydrogen) atoms. The lowest BCUT2D eigenvalue weighted by Gasteiger charge is -2.11. The highest BCUT2D eigenvalue weighted by Gasteiger charge is 2.23. The van der Waals surface area contributed by atoms with Gasteiger partial charge in [0.25, 0.3) is 5.56 Å². The topological polar surface area (TPSA) is 44.5 Å². The van der Waals surface area contributed by atoms with Crippen LogP contribution in [-0.4, -0.2) is 13.5 Å². The van der Waals surface area contributed by atoms with Crippen LogP contribution in [0.25, 0.3) is 126 Å².